The van der Waals surface area contributed by atoms with Crippen molar-refractivity contribution in [2.24, 2.45) is 0 Å². The molecule has 1 N–H and O–H groups in total. The first-order valence-electron chi connectivity index (χ1n) is 11.4. The number of benzene rings is 3. The van der Waals surface area contributed by atoms with Crippen LogP contribution >= 0.6 is 0 Å². The predicted octanol–water partition coefficient (Wildman–Crippen LogP) is 4.10. The molecule has 1 amide bonds. The molecule has 3 rings (SSSR count). The molecule has 1 atom stereocenters. The van der Waals surface area contributed by atoms with Crippen LogP contribution in [0.3, 0.4) is 0 Å². The Balaban J connectivity index is 1.80. The van der Waals surface area contributed by atoms with Crippen molar-refractivity contribution in [1.29, 1.82) is 0 Å². The van der Waals surface area contributed by atoms with Gasteiger partial charge >= 0.3 is 0 Å². The van der Waals surface area contributed by atoms with Gasteiger partial charge in [-0.2, -0.15) is 0 Å². The number of anilines is 1. The Labute approximate surface area is 212 Å². The summed E-state index contributed by atoms with van der Waals surface area (Å²) in [7, 11) is -1.21. The van der Waals surface area contributed by atoms with Crippen LogP contribution in [0.1, 0.15) is 18.1 Å². The Morgan fingerprint density at radius 3 is 2.06 bits per heavy atom. The SMILES string of the molecule is COc1ccc(S(=O)(=O)N(CC(=O)NC(C)COc2ccc(C)cc2)c2ccc(C)cc2)cc1OC. The molecule has 0 aliphatic heterocycles. The number of amides is 1. The van der Waals surface area contributed by atoms with Gasteiger partial charge in [0.25, 0.3) is 10.0 Å². The van der Waals surface area contributed by atoms with Crippen molar-refractivity contribution in [1.82, 2.24) is 5.32 Å². The van der Waals surface area contributed by atoms with Crippen molar-refractivity contribution in [3.05, 3.63) is 77.9 Å². The third kappa shape index (κ3) is 6.69. The van der Waals surface area contributed by atoms with Gasteiger partial charge in [-0.05, 0) is 57.2 Å². The molecule has 0 saturated carbocycles. The van der Waals surface area contributed by atoms with Crippen LogP contribution in [-0.4, -0.2) is 47.7 Å². The van der Waals surface area contributed by atoms with E-state index in [0.29, 0.717) is 17.2 Å². The molecule has 0 aliphatic rings. The Kier molecular flexibility index (Phi) is 8.82. The minimum absolute atomic E-state index is 0.0238. The number of hydrogen-bond donors (Lipinski definition) is 1. The second-order valence-electron chi connectivity index (χ2n) is 8.46. The van der Waals surface area contributed by atoms with Crippen LogP contribution in [0.25, 0.3) is 0 Å². The van der Waals surface area contributed by atoms with Crippen LogP contribution < -0.4 is 23.8 Å². The number of sulfonamides is 1. The fourth-order valence-electron chi connectivity index (χ4n) is 3.48. The summed E-state index contributed by atoms with van der Waals surface area (Å²) in [6.07, 6.45) is 0. The lowest BCUT2D eigenvalue weighted by Gasteiger charge is -2.25. The van der Waals surface area contributed by atoms with Crippen LogP contribution in [0.5, 0.6) is 17.2 Å². The van der Waals surface area contributed by atoms with Gasteiger partial charge in [0.2, 0.25) is 5.91 Å². The monoisotopic (exact) mass is 512 g/mol. The normalized spacial score (nSPS) is 11.9. The molecule has 0 saturated heterocycles. The number of rotatable bonds is 11. The molecule has 0 fully saturated rings. The Morgan fingerprint density at radius 1 is 0.889 bits per heavy atom. The maximum Gasteiger partial charge on any atom is 0.264 e. The van der Waals surface area contributed by atoms with Crippen molar-refractivity contribution >= 4 is 21.6 Å². The van der Waals surface area contributed by atoms with Gasteiger partial charge < -0.3 is 19.5 Å². The lowest BCUT2D eigenvalue weighted by molar-refractivity contribution is -0.120. The van der Waals surface area contributed by atoms with Crippen LogP contribution in [0.15, 0.2) is 71.6 Å². The summed E-state index contributed by atoms with van der Waals surface area (Å²) >= 11 is 0. The number of nitrogens with zero attached hydrogens (tertiary/aromatic N) is 1. The van der Waals surface area contributed by atoms with E-state index in [0.717, 1.165) is 15.4 Å². The Morgan fingerprint density at radius 2 is 1.47 bits per heavy atom. The van der Waals surface area contributed by atoms with Crippen LogP contribution in [0.2, 0.25) is 0 Å². The van der Waals surface area contributed by atoms with E-state index in [-0.39, 0.29) is 23.3 Å². The summed E-state index contributed by atoms with van der Waals surface area (Å²) in [5.41, 5.74) is 2.46. The summed E-state index contributed by atoms with van der Waals surface area (Å²) in [4.78, 5) is 12.9. The van der Waals surface area contributed by atoms with E-state index >= 15 is 0 Å². The van der Waals surface area contributed by atoms with E-state index in [4.69, 9.17) is 14.2 Å². The first-order chi connectivity index (χ1) is 17.1. The topological polar surface area (TPSA) is 94.2 Å². The highest BCUT2D eigenvalue weighted by molar-refractivity contribution is 7.92. The minimum Gasteiger partial charge on any atom is -0.493 e. The fourth-order valence-corrected chi connectivity index (χ4v) is 4.92. The van der Waals surface area contributed by atoms with Gasteiger partial charge in [-0.15, -0.1) is 0 Å². The maximum absolute atomic E-state index is 13.7. The van der Waals surface area contributed by atoms with Gasteiger partial charge in [0.1, 0.15) is 18.9 Å². The highest BCUT2D eigenvalue weighted by Gasteiger charge is 2.28. The maximum atomic E-state index is 13.7. The number of aryl methyl sites for hydroxylation is 2. The molecule has 0 radical (unpaired) electrons. The quantitative estimate of drug-likeness (QED) is 0.416. The molecule has 0 aliphatic carbocycles. The molecular weight excluding hydrogens is 480 g/mol. The van der Waals surface area contributed by atoms with Crippen LogP contribution in [-0.2, 0) is 14.8 Å². The predicted molar refractivity (Wildman–Crippen MR) is 140 cm³/mol. The van der Waals surface area contributed by atoms with E-state index in [2.05, 4.69) is 5.32 Å². The molecule has 36 heavy (non-hydrogen) atoms. The second-order valence-corrected chi connectivity index (χ2v) is 10.3. The smallest absolute Gasteiger partial charge is 0.264 e. The molecule has 0 aromatic heterocycles. The minimum atomic E-state index is -4.11. The first-order valence-corrected chi connectivity index (χ1v) is 12.9. The molecule has 0 heterocycles. The summed E-state index contributed by atoms with van der Waals surface area (Å²) in [6, 6.07) is 18.5. The third-order valence-electron chi connectivity index (χ3n) is 5.48. The van der Waals surface area contributed by atoms with Gasteiger partial charge in [-0.25, -0.2) is 8.42 Å². The van der Waals surface area contributed by atoms with Crippen LogP contribution in [0, 0.1) is 13.8 Å². The molecule has 3 aromatic rings. The number of ether oxygens (including phenoxy) is 3. The lowest BCUT2D eigenvalue weighted by atomic mass is 10.2. The summed E-state index contributed by atoms with van der Waals surface area (Å²) in [5.74, 6) is 0.908. The zero-order chi connectivity index (χ0) is 26.3. The van der Waals surface area contributed by atoms with Crippen LogP contribution in [0.4, 0.5) is 5.69 Å². The van der Waals surface area contributed by atoms with E-state index in [1.165, 1.54) is 32.4 Å². The van der Waals surface area contributed by atoms with Crippen molar-refractivity contribution in [2.75, 3.05) is 31.7 Å². The first kappa shape index (κ1) is 26.9. The Bertz CT molecular complexity index is 1270. The zero-order valence-corrected chi connectivity index (χ0v) is 22.0. The molecule has 9 heteroatoms. The van der Waals surface area contributed by atoms with E-state index in [1.54, 1.807) is 31.2 Å². The van der Waals surface area contributed by atoms with E-state index < -0.39 is 22.5 Å². The van der Waals surface area contributed by atoms with Gasteiger partial charge in [-0.1, -0.05) is 35.4 Å². The number of carbonyl (C=O) groups is 1. The molecule has 0 bridgehead atoms. The average Bonchev–Trinajstić information content (AvgIpc) is 2.87. The molecular formula is C27H32N2O6S. The lowest BCUT2D eigenvalue weighted by Crippen LogP contribution is -2.45. The number of methoxy groups -OCH3 is 2. The Hall–Kier alpha value is -3.72. The largest absolute Gasteiger partial charge is 0.493 e. The molecule has 8 nitrogen and oxygen atoms in total. The second kappa shape index (κ2) is 11.8. The molecule has 3 aromatic carbocycles. The standard InChI is InChI=1S/C27H32N2O6S/c1-19-6-10-22(11-7-19)29(36(31,32)24-14-15-25(33-4)26(16-24)34-5)17-27(30)28-21(3)18-35-23-12-8-20(2)9-13-23/h6-16,21H,17-18H2,1-5H3,(H,28,30). The summed E-state index contributed by atoms with van der Waals surface area (Å²) in [5, 5.41) is 2.82. The van der Waals surface area contributed by atoms with Crippen molar-refractivity contribution in [3.63, 3.8) is 0 Å². The highest BCUT2D eigenvalue weighted by Crippen LogP contribution is 2.32. The molecule has 0 spiro atoms. The van der Waals surface area contributed by atoms with Crippen molar-refractivity contribution in [3.8, 4) is 17.2 Å². The third-order valence-corrected chi connectivity index (χ3v) is 7.25. The van der Waals surface area contributed by atoms with Gasteiger partial charge in [0.05, 0.1) is 30.8 Å². The van der Waals surface area contributed by atoms with Crippen molar-refractivity contribution < 1.29 is 27.4 Å². The zero-order valence-electron chi connectivity index (χ0n) is 21.1. The van der Waals surface area contributed by atoms with Gasteiger partial charge in [0, 0.05) is 6.07 Å². The van der Waals surface area contributed by atoms with E-state index in [1.807, 2.05) is 38.1 Å². The van der Waals surface area contributed by atoms with Crippen molar-refractivity contribution in [2.45, 2.75) is 31.7 Å². The number of carbonyl (C=O) groups excluding carboxylic acids is 1. The van der Waals surface area contributed by atoms with E-state index in [9.17, 15) is 13.2 Å². The number of hydrogen-bond acceptors (Lipinski definition) is 6. The summed E-state index contributed by atoms with van der Waals surface area (Å²) < 4.78 is 44.7. The highest BCUT2D eigenvalue weighted by atomic mass is 32.2. The average molecular weight is 513 g/mol. The summed E-state index contributed by atoms with van der Waals surface area (Å²) in [6.45, 7) is 5.52. The molecule has 192 valence electrons. The molecule has 1 unspecified atom stereocenters. The van der Waals surface area contributed by atoms with Gasteiger partial charge in [-0.3, -0.25) is 9.10 Å². The van der Waals surface area contributed by atoms with Gasteiger partial charge in [0.15, 0.2) is 11.5 Å². The number of nitrogens with one attached hydrogen (secondary N) is 1. The fraction of sp³-hybridized carbons (Fsp3) is 0.296.